The van der Waals surface area contributed by atoms with Crippen LogP contribution in [0.4, 0.5) is 5.69 Å². The van der Waals surface area contributed by atoms with Gasteiger partial charge in [-0.25, -0.2) is 0 Å². The van der Waals surface area contributed by atoms with Gasteiger partial charge in [0.15, 0.2) is 0 Å². The molecule has 0 fully saturated rings. The summed E-state index contributed by atoms with van der Waals surface area (Å²) in [7, 11) is 1.87. The predicted molar refractivity (Wildman–Crippen MR) is 43.4 cm³/mol. The van der Waals surface area contributed by atoms with Gasteiger partial charge in [0.2, 0.25) is 0 Å². The van der Waals surface area contributed by atoms with E-state index in [2.05, 4.69) is 10.4 Å². The number of aromatic nitrogens is 2. The molecule has 62 valence electrons. The van der Waals surface area contributed by atoms with Crippen LogP contribution in [0, 0.1) is 0 Å². The van der Waals surface area contributed by atoms with Gasteiger partial charge in [0.1, 0.15) is 0 Å². The maximum atomic E-state index is 8.49. The Balaban J connectivity index is 2.27. The normalized spacial score (nSPS) is 10.0. The highest BCUT2D eigenvalue weighted by Crippen LogP contribution is 2.02. The predicted octanol–water partition coefficient (Wildman–Crippen LogP) is 0.214. The molecule has 0 aliphatic heterocycles. The number of aryl methyl sites for hydroxylation is 1. The smallest absolute Gasteiger partial charge is 0.0726 e. The monoisotopic (exact) mass is 155 g/mol. The number of hydrogen-bond donors (Lipinski definition) is 2. The minimum absolute atomic E-state index is 0.229. The molecular formula is C7H13N3O. The fourth-order valence-corrected chi connectivity index (χ4v) is 0.824. The Hall–Kier alpha value is -1.03. The van der Waals surface area contributed by atoms with Crippen LogP contribution in [0.5, 0.6) is 0 Å². The SMILES string of the molecule is Cn1cc(NCCCO)cn1. The summed E-state index contributed by atoms with van der Waals surface area (Å²) in [5.74, 6) is 0. The van der Waals surface area contributed by atoms with Crippen LogP contribution < -0.4 is 5.32 Å². The second-order valence-corrected chi connectivity index (χ2v) is 2.41. The van der Waals surface area contributed by atoms with Crippen LogP contribution >= 0.6 is 0 Å². The summed E-state index contributed by atoms with van der Waals surface area (Å²) < 4.78 is 1.74. The fourth-order valence-electron chi connectivity index (χ4n) is 0.824. The zero-order valence-corrected chi connectivity index (χ0v) is 6.62. The van der Waals surface area contributed by atoms with Gasteiger partial charge >= 0.3 is 0 Å². The van der Waals surface area contributed by atoms with Gasteiger partial charge in [-0.2, -0.15) is 5.10 Å². The van der Waals surface area contributed by atoms with E-state index < -0.39 is 0 Å². The van der Waals surface area contributed by atoms with Gasteiger partial charge in [-0.15, -0.1) is 0 Å². The van der Waals surface area contributed by atoms with Crippen LogP contribution in [0.3, 0.4) is 0 Å². The Labute approximate surface area is 65.8 Å². The van der Waals surface area contributed by atoms with Crippen LogP contribution in [0.15, 0.2) is 12.4 Å². The van der Waals surface area contributed by atoms with Gasteiger partial charge in [0, 0.05) is 26.4 Å². The Morgan fingerprint density at radius 1 is 1.73 bits per heavy atom. The number of aliphatic hydroxyl groups is 1. The van der Waals surface area contributed by atoms with Crippen LogP contribution in [0.1, 0.15) is 6.42 Å². The molecule has 0 aliphatic rings. The van der Waals surface area contributed by atoms with Crippen LogP contribution in [-0.2, 0) is 7.05 Å². The van der Waals surface area contributed by atoms with E-state index in [1.165, 1.54) is 0 Å². The third kappa shape index (κ3) is 2.59. The molecule has 0 radical (unpaired) electrons. The second kappa shape index (κ2) is 3.98. The average Bonchev–Trinajstić information content (AvgIpc) is 2.37. The molecule has 4 heteroatoms. The highest BCUT2D eigenvalue weighted by Gasteiger charge is 1.92. The Morgan fingerprint density at radius 2 is 2.55 bits per heavy atom. The van der Waals surface area contributed by atoms with Crippen molar-refractivity contribution in [3.8, 4) is 0 Å². The fraction of sp³-hybridized carbons (Fsp3) is 0.571. The molecule has 1 aromatic heterocycles. The lowest BCUT2D eigenvalue weighted by Gasteiger charge is -1.99. The molecule has 0 atom stereocenters. The first-order chi connectivity index (χ1) is 5.33. The number of nitrogens with one attached hydrogen (secondary N) is 1. The summed E-state index contributed by atoms with van der Waals surface area (Å²) >= 11 is 0. The molecule has 0 spiro atoms. The topological polar surface area (TPSA) is 50.1 Å². The minimum atomic E-state index is 0.229. The van der Waals surface area contributed by atoms with Gasteiger partial charge in [-0.3, -0.25) is 4.68 Å². The highest BCUT2D eigenvalue weighted by atomic mass is 16.3. The number of rotatable bonds is 4. The first-order valence-corrected chi connectivity index (χ1v) is 3.66. The zero-order chi connectivity index (χ0) is 8.10. The number of hydrogen-bond acceptors (Lipinski definition) is 3. The van der Waals surface area contributed by atoms with Crippen LogP contribution in [-0.4, -0.2) is 28.0 Å². The van der Waals surface area contributed by atoms with Crippen LogP contribution in [0.2, 0.25) is 0 Å². The lowest BCUT2D eigenvalue weighted by atomic mass is 10.4. The van der Waals surface area contributed by atoms with Crippen molar-refractivity contribution in [2.75, 3.05) is 18.5 Å². The quantitative estimate of drug-likeness (QED) is 0.611. The van der Waals surface area contributed by atoms with Gasteiger partial charge in [-0.1, -0.05) is 0 Å². The van der Waals surface area contributed by atoms with Crippen molar-refractivity contribution in [1.29, 1.82) is 0 Å². The summed E-state index contributed by atoms with van der Waals surface area (Å²) in [5, 5.41) is 15.6. The summed E-state index contributed by atoms with van der Waals surface area (Å²) in [6.07, 6.45) is 4.43. The van der Waals surface area contributed by atoms with Crippen molar-refractivity contribution in [2.45, 2.75) is 6.42 Å². The van der Waals surface area contributed by atoms with E-state index in [0.717, 1.165) is 18.7 Å². The van der Waals surface area contributed by atoms with E-state index in [1.807, 2.05) is 13.2 Å². The van der Waals surface area contributed by atoms with Gasteiger partial charge in [0.25, 0.3) is 0 Å². The largest absolute Gasteiger partial charge is 0.396 e. The van der Waals surface area contributed by atoms with E-state index in [0.29, 0.717) is 0 Å². The van der Waals surface area contributed by atoms with Gasteiger partial charge in [-0.05, 0) is 6.42 Å². The first-order valence-electron chi connectivity index (χ1n) is 3.66. The van der Waals surface area contributed by atoms with E-state index in [1.54, 1.807) is 10.9 Å². The van der Waals surface area contributed by atoms with E-state index in [-0.39, 0.29) is 6.61 Å². The first kappa shape index (κ1) is 8.07. The third-order valence-electron chi connectivity index (χ3n) is 1.37. The molecule has 2 N–H and O–H groups in total. The van der Waals surface area contributed by atoms with E-state index in [9.17, 15) is 0 Å². The van der Waals surface area contributed by atoms with Crippen LogP contribution in [0.25, 0.3) is 0 Å². The molecule has 0 saturated carbocycles. The molecule has 0 saturated heterocycles. The highest BCUT2D eigenvalue weighted by molar-refractivity contribution is 5.37. The molecule has 1 heterocycles. The summed E-state index contributed by atoms with van der Waals surface area (Å²) in [5.41, 5.74) is 1.00. The lowest BCUT2D eigenvalue weighted by Crippen LogP contribution is -2.02. The number of aliphatic hydroxyl groups excluding tert-OH is 1. The minimum Gasteiger partial charge on any atom is -0.396 e. The summed E-state index contributed by atoms with van der Waals surface area (Å²) in [4.78, 5) is 0. The Morgan fingerprint density at radius 3 is 3.09 bits per heavy atom. The molecule has 1 rings (SSSR count). The van der Waals surface area contributed by atoms with Crippen molar-refractivity contribution in [1.82, 2.24) is 9.78 Å². The van der Waals surface area contributed by atoms with Crippen molar-refractivity contribution >= 4 is 5.69 Å². The van der Waals surface area contributed by atoms with E-state index >= 15 is 0 Å². The van der Waals surface area contributed by atoms with Gasteiger partial charge < -0.3 is 10.4 Å². The third-order valence-corrected chi connectivity index (χ3v) is 1.37. The van der Waals surface area contributed by atoms with Crippen molar-refractivity contribution in [2.24, 2.45) is 7.05 Å². The summed E-state index contributed by atoms with van der Waals surface area (Å²) in [6, 6.07) is 0. The lowest BCUT2D eigenvalue weighted by molar-refractivity contribution is 0.292. The molecule has 11 heavy (non-hydrogen) atoms. The van der Waals surface area contributed by atoms with E-state index in [4.69, 9.17) is 5.11 Å². The average molecular weight is 155 g/mol. The molecule has 4 nitrogen and oxygen atoms in total. The zero-order valence-electron chi connectivity index (χ0n) is 6.62. The molecular weight excluding hydrogens is 142 g/mol. The number of nitrogens with zero attached hydrogens (tertiary/aromatic N) is 2. The second-order valence-electron chi connectivity index (χ2n) is 2.41. The molecule has 0 aromatic carbocycles. The Bertz CT molecular complexity index is 209. The van der Waals surface area contributed by atoms with Crippen molar-refractivity contribution < 1.29 is 5.11 Å². The standard InChI is InChI=1S/C7H13N3O/c1-10-6-7(5-9-10)8-3-2-4-11/h5-6,8,11H,2-4H2,1H3. The molecule has 0 aliphatic carbocycles. The Kier molecular flexibility index (Phi) is 2.92. The van der Waals surface area contributed by atoms with Crippen molar-refractivity contribution in [3.63, 3.8) is 0 Å². The molecule has 1 aromatic rings. The van der Waals surface area contributed by atoms with Crippen molar-refractivity contribution in [3.05, 3.63) is 12.4 Å². The molecule has 0 bridgehead atoms. The maximum Gasteiger partial charge on any atom is 0.0726 e. The van der Waals surface area contributed by atoms with Gasteiger partial charge in [0.05, 0.1) is 11.9 Å². The summed E-state index contributed by atoms with van der Waals surface area (Å²) in [6.45, 7) is 1.02. The molecule has 0 unspecified atom stereocenters. The maximum absolute atomic E-state index is 8.49. The number of anilines is 1. The molecule has 0 amide bonds.